The number of hydrogen-bond acceptors (Lipinski definition) is 1. The van der Waals surface area contributed by atoms with Gasteiger partial charge in [-0.15, -0.1) is 0 Å². The van der Waals surface area contributed by atoms with Crippen molar-refractivity contribution in [3.63, 3.8) is 0 Å². The first-order chi connectivity index (χ1) is 13.3. The molecule has 0 aliphatic rings. The van der Waals surface area contributed by atoms with E-state index in [1.807, 2.05) is 18.2 Å². The van der Waals surface area contributed by atoms with E-state index in [1.165, 1.54) is 63.3 Å². The smallest absolute Gasteiger partial charge is 0.142 e. The summed E-state index contributed by atoms with van der Waals surface area (Å²) in [7, 11) is 0. The predicted molar refractivity (Wildman–Crippen MR) is 117 cm³/mol. The first-order valence-electron chi connectivity index (χ1n) is 10.5. The van der Waals surface area contributed by atoms with Gasteiger partial charge in [0.15, 0.2) is 0 Å². The van der Waals surface area contributed by atoms with Crippen molar-refractivity contribution in [3.8, 4) is 11.4 Å². The summed E-state index contributed by atoms with van der Waals surface area (Å²) in [6.45, 7) is 3.27. The van der Waals surface area contributed by atoms with Crippen molar-refractivity contribution in [1.29, 1.82) is 0 Å². The first-order valence-corrected chi connectivity index (χ1v) is 10.9. The highest BCUT2D eigenvalue weighted by molar-refractivity contribution is 6.33. The van der Waals surface area contributed by atoms with E-state index in [0.717, 1.165) is 28.5 Å². The molecule has 0 fully saturated rings. The molecule has 0 saturated carbocycles. The summed E-state index contributed by atoms with van der Waals surface area (Å²) < 4.78 is 2.35. The van der Waals surface area contributed by atoms with Crippen LogP contribution in [0.5, 0.6) is 0 Å². The maximum absolute atomic E-state index is 6.46. The lowest BCUT2D eigenvalue weighted by molar-refractivity contribution is 0.544. The SMILES string of the molecule is CCCCCCCCCCCn1c(-c2ccccc2Cl)nc2ccccc21. The molecule has 0 amide bonds. The Morgan fingerprint density at radius 2 is 1.41 bits per heavy atom. The molecule has 0 unspecified atom stereocenters. The summed E-state index contributed by atoms with van der Waals surface area (Å²) in [4.78, 5) is 4.88. The zero-order valence-corrected chi connectivity index (χ0v) is 17.2. The van der Waals surface area contributed by atoms with Gasteiger partial charge in [0.05, 0.1) is 16.1 Å². The molecule has 0 bridgehead atoms. The summed E-state index contributed by atoms with van der Waals surface area (Å²) in [6.07, 6.45) is 12.1. The lowest BCUT2D eigenvalue weighted by Gasteiger charge is -2.10. The Morgan fingerprint density at radius 1 is 0.778 bits per heavy atom. The fraction of sp³-hybridized carbons (Fsp3) is 0.458. The van der Waals surface area contributed by atoms with Gasteiger partial charge in [-0.25, -0.2) is 4.98 Å². The number of hydrogen-bond donors (Lipinski definition) is 0. The molecule has 27 heavy (non-hydrogen) atoms. The lowest BCUT2D eigenvalue weighted by Crippen LogP contribution is -2.01. The number of aromatic nitrogens is 2. The number of aryl methyl sites for hydroxylation is 1. The second-order valence-corrected chi connectivity index (χ2v) is 7.79. The highest BCUT2D eigenvalue weighted by Gasteiger charge is 2.14. The van der Waals surface area contributed by atoms with Crippen LogP contribution in [0.1, 0.15) is 64.7 Å². The van der Waals surface area contributed by atoms with Gasteiger partial charge >= 0.3 is 0 Å². The molecule has 0 aliphatic carbocycles. The van der Waals surface area contributed by atoms with Crippen LogP contribution in [0.4, 0.5) is 0 Å². The van der Waals surface area contributed by atoms with Crippen molar-refractivity contribution < 1.29 is 0 Å². The van der Waals surface area contributed by atoms with E-state index < -0.39 is 0 Å². The molecule has 0 radical (unpaired) electrons. The quantitative estimate of drug-likeness (QED) is 0.308. The van der Waals surface area contributed by atoms with Crippen LogP contribution in [0.15, 0.2) is 48.5 Å². The predicted octanol–water partition coefficient (Wildman–Crippen LogP) is 7.89. The number of para-hydroxylation sites is 2. The summed E-state index contributed by atoms with van der Waals surface area (Å²) in [5, 5.41) is 0.765. The molecular weight excluding hydrogens is 352 g/mol. The van der Waals surface area contributed by atoms with Crippen LogP contribution in [-0.2, 0) is 6.54 Å². The standard InChI is InChI=1S/C24H31ClN2/c1-2-3-4-5-6-7-8-9-14-19-27-23-18-13-12-17-22(23)26-24(27)20-15-10-11-16-21(20)25/h10-13,15-18H,2-9,14,19H2,1H3. The summed E-state index contributed by atoms with van der Waals surface area (Å²) in [5.41, 5.74) is 3.27. The van der Waals surface area contributed by atoms with Gasteiger partial charge in [0, 0.05) is 12.1 Å². The second-order valence-electron chi connectivity index (χ2n) is 7.38. The summed E-state index contributed by atoms with van der Waals surface area (Å²) in [5.74, 6) is 0.987. The average Bonchev–Trinajstić information content (AvgIpc) is 3.05. The van der Waals surface area contributed by atoms with Crippen molar-refractivity contribution in [1.82, 2.24) is 9.55 Å². The van der Waals surface area contributed by atoms with Gasteiger partial charge < -0.3 is 4.57 Å². The first kappa shape index (κ1) is 19.9. The average molecular weight is 383 g/mol. The number of nitrogens with zero attached hydrogens (tertiary/aromatic N) is 2. The molecule has 144 valence electrons. The Kier molecular flexibility index (Phi) is 7.77. The molecule has 1 aromatic heterocycles. The minimum Gasteiger partial charge on any atom is -0.324 e. The van der Waals surface area contributed by atoms with Crippen LogP contribution < -0.4 is 0 Å². The maximum atomic E-state index is 6.46. The van der Waals surface area contributed by atoms with Gasteiger partial charge in [-0.2, -0.15) is 0 Å². The number of fused-ring (bicyclic) bond motifs is 1. The van der Waals surface area contributed by atoms with Crippen molar-refractivity contribution in [3.05, 3.63) is 53.6 Å². The van der Waals surface area contributed by atoms with E-state index in [9.17, 15) is 0 Å². The van der Waals surface area contributed by atoms with Crippen molar-refractivity contribution in [2.45, 2.75) is 71.3 Å². The molecule has 0 atom stereocenters. The fourth-order valence-corrected chi connectivity index (χ4v) is 3.95. The number of unbranched alkanes of at least 4 members (excludes halogenated alkanes) is 8. The fourth-order valence-electron chi connectivity index (χ4n) is 3.73. The molecule has 3 aromatic rings. The van der Waals surface area contributed by atoms with E-state index in [-0.39, 0.29) is 0 Å². The highest BCUT2D eigenvalue weighted by Crippen LogP contribution is 2.30. The summed E-state index contributed by atoms with van der Waals surface area (Å²) in [6, 6.07) is 16.4. The van der Waals surface area contributed by atoms with Crippen LogP contribution in [0.2, 0.25) is 5.02 Å². The second kappa shape index (κ2) is 10.5. The van der Waals surface area contributed by atoms with Crippen LogP contribution >= 0.6 is 11.6 Å². The zero-order chi connectivity index (χ0) is 18.9. The van der Waals surface area contributed by atoms with Crippen LogP contribution in [0.3, 0.4) is 0 Å². The Labute approximate surface area is 168 Å². The van der Waals surface area contributed by atoms with Crippen molar-refractivity contribution >= 4 is 22.6 Å². The molecule has 1 heterocycles. The number of benzene rings is 2. The number of imidazole rings is 1. The third-order valence-corrected chi connectivity index (χ3v) is 5.58. The van der Waals surface area contributed by atoms with E-state index in [1.54, 1.807) is 0 Å². The molecule has 0 spiro atoms. The minimum atomic E-state index is 0.765. The van der Waals surface area contributed by atoms with E-state index in [2.05, 4.69) is 41.8 Å². The Morgan fingerprint density at radius 3 is 2.15 bits per heavy atom. The molecule has 3 rings (SSSR count). The topological polar surface area (TPSA) is 17.8 Å². The molecule has 3 heteroatoms. The van der Waals surface area contributed by atoms with Gasteiger partial charge in [0.2, 0.25) is 0 Å². The molecule has 2 nitrogen and oxygen atoms in total. The monoisotopic (exact) mass is 382 g/mol. The molecule has 2 aromatic carbocycles. The van der Waals surface area contributed by atoms with Gasteiger partial charge in [0.1, 0.15) is 5.82 Å². The molecule has 0 aliphatic heterocycles. The van der Waals surface area contributed by atoms with Crippen LogP contribution in [0, 0.1) is 0 Å². The third-order valence-electron chi connectivity index (χ3n) is 5.25. The van der Waals surface area contributed by atoms with Gasteiger partial charge in [0.25, 0.3) is 0 Å². The number of rotatable bonds is 11. The Balaban J connectivity index is 1.62. The molecule has 0 saturated heterocycles. The van der Waals surface area contributed by atoms with Crippen molar-refractivity contribution in [2.24, 2.45) is 0 Å². The minimum absolute atomic E-state index is 0.765. The molecular formula is C24H31ClN2. The normalized spacial score (nSPS) is 11.3. The van der Waals surface area contributed by atoms with Crippen LogP contribution in [0.25, 0.3) is 22.4 Å². The van der Waals surface area contributed by atoms with Crippen LogP contribution in [-0.4, -0.2) is 9.55 Å². The molecule has 0 N–H and O–H groups in total. The van der Waals surface area contributed by atoms with Crippen molar-refractivity contribution in [2.75, 3.05) is 0 Å². The maximum Gasteiger partial charge on any atom is 0.142 e. The zero-order valence-electron chi connectivity index (χ0n) is 16.5. The Bertz CT molecular complexity index is 837. The van der Waals surface area contributed by atoms with E-state index >= 15 is 0 Å². The van der Waals surface area contributed by atoms with Gasteiger partial charge in [-0.3, -0.25) is 0 Å². The largest absolute Gasteiger partial charge is 0.324 e. The highest BCUT2D eigenvalue weighted by atomic mass is 35.5. The van der Waals surface area contributed by atoms with Gasteiger partial charge in [-0.05, 0) is 30.7 Å². The van der Waals surface area contributed by atoms with E-state index in [0.29, 0.717) is 0 Å². The summed E-state index contributed by atoms with van der Waals surface area (Å²) >= 11 is 6.46. The van der Waals surface area contributed by atoms with Gasteiger partial charge in [-0.1, -0.05) is 94.2 Å². The van der Waals surface area contributed by atoms with E-state index in [4.69, 9.17) is 16.6 Å². The Hall–Kier alpha value is -1.80. The lowest BCUT2D eigenvalue weighted by atomic mass is 10.1. The third kappa shape index (κ3) is 5.35. The number of halogens is 1.